The highest BCUT2D eigenvalue weighted by Crippen LogP contribution is 2.13. The molecule has 0 radical (unpaired) electrons. The Balaban J connectivity index is 4.29. The van der Waals surface area contributed by atoms with Crippen LogP contribution in [0.3, 0.4) is 0 Å². The van der Waals surface area contributed by atoms with E-state index in [0.717, 1.165) is 12.8 Å². The maximum Gasteiger partial charge on any atom is 0.320 e. The van der Waals surface area contributed by atoms with Gasteiger partial charge in [0.2, 0.25) is 0 Å². The molecular formula is C16H26O4. The predicted octanol–water partition coefficient (Wildman–Crippen LogP) is 3.42. The molecule has 0 heterocycles. The van der Waals surface area contributed by atoms with Crippen LogP contribution in [0.5, 0.6) is 0 Å². The lowest BCUT2D eigenvalue weighted by atomic mass is 10.0. The number of hydrogen-bond donors (Lipinski definition) is 0. The van der Waals surface area contributed by atoms with Crippen LogP contribution in [0.4, 0.5) is 0 Å². The second-order valence-electron chi connectivity index (χ2n) is 4.66. The summed E-state index contributed by atoms with van der Waals surface area (Å²) in [6, 6.07) is 0. The molecule has 4 heteroatoms. The minimum Gasteiger partial charge on any atom is -0.465 e. The molecule has 0 saturated heterocycles. The van der Waals surface area contributed by atoms with Crippen molar-refractivity contribution in [3.63, 3.8) is 0 Å². The standard InChI is InChI=1S/C16H26O4/c1-5-19-15(17)14(16(18)20-6-2)12-10-8-7-9-11-13(3)4/h7,9,11,14H,5-6,8,10,12H2,1-4H3/b9-7-. The van der Waals surface area contributed by atoms with Gasteiger partial charge in [-0.2, -0.15) is 0 Å². The number of esters is 2. The van der Waals surface area contributed by atoms with Gasteiger partial charge in [-0.15, -0.1) is 0 Å². The zero-order chi connectivity index (χ0) is 15.4. The minimum absolute atomic E-state index is 0.273. The second kappa shape index (κ2) is 11.3. The van der Waals surface area contributed by atoms with E-state index >= 15 is 0 Å². The number of rotatable bonds is 9. The van der Waals surface area contributed by atoms with Gasteiger partial charge < -0.3 is 9.47 Å². The summed E-state index contributed by atoms with van der Waals surface area (Å²) < 4.78 is 9.83. The molecule has 0 spiro atoms. The van der Waals surface area contributed by atoms with Gasteiger partial charge in [-0.05, 0) is 47.0 Å². The summed E-state index contributed by atoms with van der Waals surface area (Å²) in [6.07, 6.45) is 8.05. The number of allylic oxidation sites excluding steroid dienone is 4. The van der Waals surface area contributed by atoms with Gasteiger partial charge in [-0.1, -0.05) is 23.8 Å². The van der Waals surface area contributed by atoms with Crippen molar-refractivity contribution in [3.8, 4) is 0 Å². The normalized spacial score (nSPS) is 10.7. The summed E-state index contributed by atoms with van der Waals surface area (Å²) in [5.74, 6) is -1.77. The van der Waals surface area contributed by atoms with Crippen LogP contribution in [-0.4, -0.2) is 25.2 Å². The summed E-state index contributed by atoms with van der Waals surface area (Å²) in [7, 11) is 0. The molecule has 0 aromatic rings. The fourth-order valence-corrected chi connectivity index (χ4v) is 1.61. The van der Waals surface area contributed by atoms with Crippen LogP contribution in [0, 0.1) is 5.92 Å². The summed E-state index contributed by atoms with van der Waals surface area (Å²) in [6.45, 7) is 8.05. The quantitative estimate of drug-likeness (QED) is 0.281. The Morgan fingerprint density at radius 3 is 2.05 bits per heavy atom. The zero-order valence-electron chi connectivity index (χ0n) is 13.0. The Bertz CT molecular complexity index is 333. The maximum atomic E-state index is 11.7. The van der Waals surface area contributed by atoms with Gasteiger partial charge in [0.15, 0.2) is 5.92 Å². The van der Waals surface area contributed by atoms with Crippen molar-refractivity contribution in [2.75, 3.05) is 13.2 Å². The average molecular weight is 282 g/mol. The van der Waals surface area contributed by atoms with Gasteiger partial charge in [-0.25, -0.2) is 0 Å². The molecule has 0 N–H and O–H groups in total. The van der Waals surface area contributed by atoms with Gasteiger partial charge >= 0.3 is 11.9 Å². The van der Waals surface area contributed by atoms with E-state index in [-0.39, 0.29) is 13.2 Å². The van der Waals surface area contributed by atoms with Crippen molar-refractivity contribution in [3.05, 3.63) is 23.8 Å². The van der Waals surface area contributed by atoms with E-state index in [0.29, 0.717) is 6.42 Å². The van der Waals surface area contributed by atoms with Crippen molar-refractivity contribution in [1.82, 2.24) is 0 Å². The van der Waals surface area contributed by atoms with E-state index in [1.54, 1.807) is 13.8 Å². The number of carbonyl (C=O) groups excluding carboxylic acids is 2. The van der Waals surface area contributed by atoms with Crippen LogP contribution in [0.25, 0.3) is 0 Å². The number of carbonyl (C=O) groups is 2. The van der Waals surface area contributed by atoms with Crippen molar-refractivity contribution in [1.29, 1.82) is 0 Å². The average Bonchev–Trinajstić information content (AvgIpc) is 2.37. The molecule has 0 saturated carbocycles. The zero-order valence-corrected chi connectivity index (χ0v) is 13.0. The largest absolute Gasteiger partial charge is 0.465 e. The lowest BCUT2D eigenvalue weighted by Gasteiger charge is -2.13. The highest BCUT2D eigenvalue weighted by molar-refractivity contribution is 5.94. The van der Waals surface area contributed by atoms with Crippen molar-refractivity contribution in [2.24, 2.45) is 5.92 Å². The van der Waals surface area contributed by atoms with E-state index in [4.69, 9.17) is 9.47 Å². The fourth-order valence-electron chi connectivity index (χ4n) is 1.61. The maximum absolute atomic E-state index is 11.7. The highest BCUT2D eigenvalue weighted by atomic mass is 16.6. The fraction of sp³-hybridized carbons (Fsp3) is 0.625. The Morgan fingerprint density at radius 1 is 1.05 bits per heavy atom. The number of hydrogen-bond acceptors (Lipinski definition) is 4. The first-order chi connectivity index (χ1) is 9.52. The summed E-state index contributed by atoms with van der Waals surface area (Å²) in [5, 5.41) is 0. The first-order valence-corrected chi connectivity index (χ1v) is 7.16. The van der Waals surface area contributed by atoms with Crippen molar-refractivity contribution < 1.29 is 19.1 Å². The Hall–Kier alpha value is -1.58. The smallest absolute Gasteiger partial charge is 0.320 e. The third-order valence-corrected chi connectivity index (χ3v) is 2.57. The molecule has 4 nitrogen and oxygen atoms in total. The Labute approximate surface area is 121 Å². The molecule has 0 rings (SSSR count). The molecule has 0 aliphatic rings. The van der Waals surface area contributed by atoms with Gasteiger partial charge in [0, 0.05) is 0 Å². The minimum atomic E-state index is -0.799. The highest BCUT2D eigenvalue weighted by Gasteiger charge is 2.28. The molecule has 0 aromatic heterocycles. The second-order valence-corrected chi connectivity index (χ2v) is 4.66. The monoisotopic (exact) mass is 282 g/mol. The number of ether oxygens (including phenoxy) is 2. The molecule has 0 unspecified atom stereocenters. The Kier molecular flexibility index (Phi) is 10.4. The number of unbranched alkanes of at least 4 members (excludes halogenated alkanes) is 1. The molecular weight excluding hydrogens is 256 g/mol. The van der Waals surface area contributed by atoms with Crippen molar-refractivity contribution >= 4 is 11.9 Å². The van der Waals surface area contributed by atoms with E-state index < -0.39 is 17.9 Å². The third-order valence-electron chi connectivity index (χ3n) is 2.57. The summed E-state index contributed by atoms with van der Waals surface area (Å²) in [5.41, 5.74) is 1.23. The lowest BCUT2D eigenvalue weighted by Crippen LogP contribution is -2.28. The molecule has 0 amide bonds. The SMILES string of the molecule is CCOC(=O)C(CCC/C=C\C=C(C)C)C(=O)OCC. The van der Waals surface area contributed by atoms with Crippen LogP contribution in [0.15, 0.2) is 23.8 Å². The molecule has 0 aliphatic heterocycles. The lowest BCUT2D eigenvalue weighted by molar-refractivity contribution is -0.161. The van der Waals surface area contributed by atoms with Gasteiger partial charge in [0.1, 0.15) is 0 Å². The third kappa shape index (κ3) is 8.51. The molecule has 0 aromatic carbocycles. The molecule has 0 aliphatic carbocycles. The van der Waals surface area contributed by atoms with E-state index in [1.165, 1.54) is 5.57 Å². The first-order valence-electron chi connectivity index (χ1n) is 7.16. The van der Waals surface area contributed by atoms with Crippen LogP contribution in [0.2, 0.25) is 0 Å². The predicted molar refractivity (Wildman–Crippen MR) is 79.2 cm³/mol. The van der Waals surface area contributed by atoms with Crippen LogP contribution < -0.4 is 0 Å². The molecule has 0 fully saturated rings. The van der Waals surface area contributed by atoms with Crippen LogP contribution in [-0.2, 0) is 19.1 Å². The molecule has 114 valence electrons. The summed E-state index contributed by atoms with van der Waals surface area (Å²) >= 11 is 0. The van der Waals surface area contributed by atoms with Gasteiger partial charge in [0.25, 0.3) is 0 Å². The van der Waals surface area contributed by atoms with Crippen LogP contribution >= 0.6 is 0 Å². The van der Waals surface area contributed by atoms with Crippen molar-refractivity contribution in [2.45, 2.75) is 47.0 Å². The van der Waals surface area contributed by atoms with E-state index in [1.807, 2.05) is 32.1 Å². The molecule has 20 heavy (non-hydrogen) atoms. The molecule has 0 bridgehead atoms. The molecule has 0 atom stereocenters. The Morgan fingerprint density at radius 2 is 1.60 bits per heavy atom. The van der Waals surface area contributed by atoms with Gasteiger partial charge in [-0.3, -0.25) is 9.59 Å². The van der Waals surface area contributed by atoms with Gasteiger partial charge in [0.05, 0.1) is 13.2 Å². The summed E-state index contributed by atoms with van der Waals surface area (Å²) in [4.78, 5) is 23.4. The first kappa shape index (κ1) is 18.4. The topological polar surface area (TPSA) is 52.6 Å². The van der Waals surface area contributed by atoms with E-state index in [9.17, 15) is 9.59 Å². The van der Waals surface area contributed by atoms with E-state index in [2.05, 4.69) is 0 Å². The van der Waals surface area contributed by atoms with Crippen LogP contribution in [0.1, 0.15) is 47.0 Å².